The SMILES string of the molecule is CCCN1C(=O)C(Cc2cccc3c2cnn3C)(NC(=O)N(C)C)c2ccccc21. The molecule has 3 aromatic rings. The van der Waals surface area contributed by atoms with Gasteiger partial charge in [-0.1, -0.05) is 37.3 Å². The second kappa shape index (κ2) is 7.48. The van der Waals surface area contributed by atoms with Crippen molar-refractivity contribution in [2.24, 2.45) is 7.05 Å². The highest BCUT2D eigenvalue weighted by Crippen LogP contribution is 2.43. The first-order valence-electron chi connectivity index (χ1n) is 10.2. The zero-order valence-electron chi connectivity index (χ0n) is 17.8. The van der Waals surface area contributed by atoms with E-state index < -0.39 is 5.54 Å². The number of carbonyl (C=O) groups excluding carboxylic acids is 2. The molecule has 1 aliphatic heterocycles. The third-order valence-electron chi connectivity index (χ3n) is 5.78. The van der Waals surface area contributed by atoms with Crippen LogP contribution in [0.3, 0.4) is 0 Å². The molecule has 0 bridgehead atoms. The number of nitrogens with one attached hydrogen (secondary N) is 1. The predicted octanol–water partition coefficient (Wildman–Crippen LogP) is 3.04. The highest BCUT2D eigenvalue weighted by atomic mass is 16.2. The van der Waals surface area contributed by atoms with Gasteiger partial charge in [-0.2, -0.15) is 5.10 Å². The van der Waals surface area contributed by atoms with Gasteiger partial charge in [-0.3, -0.25) is 9.48 Å². The fourth-order valence-corrected chi connectivity index (χ4v) is 4.28. The molecule has 1 aromatic heterocycles. The molecule has 2 heterocycles. The van der Waals surface area contributed by atoms with Crippen LogP contribution < -0.4 is 10.2 Å². The maximum Gasteiger partial charge on any atom is 0.318 e. The lowest BCUT2D eigenvalue weighted by molar-refractivity contribution is -0.124. The van der Waals surface area contributed by atoms with Gasteiger partial charge in [0.05, 0.1) is 11.7 Å². The quantitative estimate of drug-likeness (QED) is 0.709. The Hall–Kier alpha value is -3.35. The Morgan fingerprint density at radius 2 is 1.93 bits per heavy atom. The van der Waals surface area contributed by atoms with E-state index >= 15 is 0 Å². The van der Waals surface area contributed by atoms with Crippen LogP contribution in [0.5, 0.6) is 0 Å². The number of hydrogen-bond acceptors (Lipinski definition) is 3. The summed E-state index contributed by atoms with van der Waals surface area (Å²) in [5.74, 6) is -0.0957. The molecule has 0 spiro atoms. The van der Waals surface area contributed by atoms with Gasteiger partial charge in [0.2, 0.25) is 0 Å². The minimum atomic E-state index is -1.17. The summed E-state index contributed by atoms with van der Waals surface area (Å²) in [4.78, 5) is 29.9. The fraction of sp³-hybridized carbons (Fsp3) is 0.348. The summed E-state index contributed by atoms with van der Waals surface area (Å²) >= 11 is 0. The summed E-state index contributed by atoms with van der Waals surface area (Å²) in [6, 6.07) is 13.4. The van der Waals surface area contributed by atoms with Crippen LogP contribution in [0.15, 0.2) is 48.7 Å². The van der Waals surface area contributed by atoms with E-state index in [9.17, 15) is 9.59 Å². The van der Waals surface area contributed by atoms with E-state index in [4.69, 9.17) is 0 Å². The van der Waals surface area contributed by atoms with Crippen LogP contribution in [0, 0.1) is 0 Å². The molecule has 0 saturated carbocycles. The Morgan fingerprint density at radius 1 is 1.17 bits per heavy atom. The maximum absolute atomic E-state index is 13.8. The van der Waals surface area contributed by atoms with Crippen LogP contribution in [0.2, 0.25) is 0 Å². The molecular weight excluding hydrogens is 378 g/mol. The number of nitrogens with zero attached hydrogens (tertiary/aromatic N) is 4. The Balaban J connectivity index is 1.90. The minimum absolute atomic E-state index is 0.0957. The number of rotatable bonds is 5. The summed E-state index contributed by atoms with van der Waals surface area (Å²) in [6.07, 6.45) is 3.00. The van der Waals surface area contributed by atoms with E-state index in [1.807, 2.05) is 67.3 Å². The number of aryl methyl sites for hydroxylation is 1. The van der Waals surface area contributed by atoms with Crippen molar-refractivity contribution in [2.45, 2.75) is 25.3 Å². The molecule has 7 nitrogen and oxygen atoms in total. The van der Waals surface area contributed by atoms with E-state index in [0.29, 0.717) is 13.0 Å². The monoisotopic (exact) mass is 405 g/mol. The van der Waals surface area contributed by atoms with Gasteiger partial charge in [-0.05, 0) is 24.1 Å². The van der Waals surface area contributed by atoms with Gasteiger partial charge < -0.3 is 15.1 Å². The molecule has 1 aliphatic rings. The van der Waals surface area contributed by atoms with Crippen molar-refractivity contribution in [3.8, 4) is 0 Å². The molecular formula is C23H27N5O2. The van der Waals surface area contributed by atoms with Crippen molar-refractivity contribution < 1.29 is 9.59 Å². The van der Waals surface area contributed by atoms with E-state index in [1.165, 1.54) is 4.90 Å². The number of anilines is 1. The van der Waals surface area contributed by atoms with E-state index in [1.54, 1.807) is 19.0 Å². The zero-order valence-corrected chi connectivity index (χ0v) is 17.8. The van der Waals surface area contributed by atoms with Gasteiger partial charge in [-0.25, -0.2) is 4.79 Å². The number of fused-ring (bicyclic) bond motifs is 2. The largest absolute Gasteiger partial charge is 0.331 e. The van der Waals surface area contributed by atoms with Crippen molar-refractivity contribution in [2.75, 3.05) is 25.5 Å². The number of benzene rings is 2. The van der Waals surface area contributed by atoms with Gasteiger partial charge >= 0.3 is 6.03 Å². The van der Waals surface area contributed by atoms with Crippen molar-refractivity contribution in [3.05, 3.63) is 59.8 Å². The van der Waals surface area contributed by atoms with Gasteiger partial charge in [-0.15, -0.1) is 0 Å². The number of para-hydroxylation sites is 1. The molecule has 1 atom stereocenters. The summed E-state index contributed by atoms with van der Waals surface area (Å²) in [5.41, 5.74) is 2.49. The Morgan fingerprint density at radius 3 is 2.67 bits per heavy atom. The molecule has 2 aromatic carbocycles. The van der Waals surface area contributed by atoms with Crippen LogP contribution in [0.1, 0.15) is 24.5 Å². The van der Waals surface area contributed by atoms with Crippen molar-refractivity contribution >= 4 is 28.5 Å². The fourth-order valence-electron chi connectivity index (χ4n) is 4.28. The lowest BCUT2D eigenvalue weighted by Crippen LogP contribution is -2.56. The molecule has 1 N–H and O–H groups in total. The van der Waals surface area contributed by atoms with E-state index in [0.717, 1.165) is 34.1 Å². The Kier molecular flexibility index (Phi) is 4.97. The first-order valence-corrected chi connectivity index (χ1v) is 10.2. The van der Waals surface area contributed by atoms with Crippen LogP contribution in [-0.4, -0.2) is 47.3 Å². The summed E-state index contributed by atoms with van der Waals surface area (Å²) in [7, 11) is 5.26. The zero-order chi connectivity index (χ0) is 21.5. The topological polar surface area (TPSA) is 70.5 Å². The van der Waals surface area contributed by atoms with Crippen molar-refractivity contribution in [3.63, 3.8) is 0 Å². The molecule has 0 fully saturated rings. The van der Waals surface area contributed by atoms with Crippen molar-refractivity contribution in [1.29, 1.82) is 0 Å². The molecule has 0 radical (unpaired) electrons. The summed E-state index contributed by atoms with van der Waals surface area (Å²) in [5, 5.41) is 8.44. The number of hydrogen-bond donors (Lipinski definition) is 1. The van der Waals surface area contributed by atoms with Gasteiger partial charge in [0.25, 0.3) is 5.91 Å². The van der Waals surface area contributed by atoms with Gasteiger partial charge in [0.1, 0.15) is 0 Å². The molecule has 30 heavy (non-hydrogen) atoms. The first kappa shape index (κ1) is 19.9. The van der Waals surface area contributed by atoms with Crippen LogP contribution >= 0.6 is 0 Å². The molecule has 156 valence electrons. The second-order valence-electron chi connectivity index (χ2n) is 8.00. The average molecular weight is 406 g/mol. The van der Waals surface area contributed by atoms with Crippen molar-refractivity contribution in [1.82, 2.24) is 20.0 Å². The minimum Gasteiger partial charge on any atom is -0.331 e. The van der Waals surface area contributed by atoms with E-state index in [2.05, 4.69) is 10.4 Å². The van der Waals surface area contributed by atoms with Gasteiger partial charge in [0, 0.05) is 50.7 Å². The lowest BCUT2D eigenvalue weighted by Gasteiger charge is -2.31. The molecule has 0 aliphatic carbocycles. The van der Waals surface area contributed by atoms with E-state index in [-0.39, 0.29) is 11.9 Å². The Labute approximate surface area is 176 Å². The highest BCUT2D eigenvalue weighted by Gasteiger charge is 2.52. The highest BCUT2D eigenvalue weighted by molar-refractivity contribution is 6.09. The van der Waals surface area contributed by atoms with Crippen LogP contribution in [-0.2, 0) is 23.8 Å². The lowest BCUT2D eigenvalue weighted by atomic mass is 9.84. The first-order chi connectivity index (χ1) is 14.4. The molecule has 7 heteroatoms. The number of amides is 3. The number of urea groups is 1. The second-order valence-corrected chi connectivity index (χ2v) is 8.00. The predicted molar refractivity (Wildman–Crippen MR) is 117 cm³/mol. The summed E-state index contributed by atoms with van der Waals surface area (Å²) in [6.45, 7) is 2.65. The molecule has 1 unspecified atom stereocenters. The number of carbonyl (C=O) groups is 2. The average Bonchev–Trinajstić information content (AvgIpc) is 3.21. The number of aromatic nitrogens is 2. The third-order valence-corrected chi connectivity index (χ3v) is 5.78. The third kappa shape index (κ3) is 3.01. The van der Waals surface area contributed by atoms with Crippen LogP contribution in [0.25, 0.3) is 10.9 Å². The normalized spacial score (nSPS) is 18.0. The smallest absolute Gasteiger partial charge is 0.318 e. The van der Waals surface area contributed by atoms with Gasteiger partial charge in [0.15, 0.2) is 5.54 Å². The molecule has 0 saturated heterocycles. The summed E-state index contributed by atoms with van der Waals surface area (Å²) < 4.78 is 1.82. The molecule has 4 rings (SSSR count). The van der Waals surface area contributed by atoms with Crippen LogP contribution in [0.4, 0.5) is 10.5 Å². The standard InChI is InChI=1S/C23H27N5O2/c1-5-13-28-20-11-7-6-10-18(20)23(21(28)29,25-22(30)26(2)3)14-16-9-8-12-19-17(16)15-24-27(19)4/h6-12,15H,5,13-14H2,1-4H3,(H,25,30). The Bertz CT molecular complexity index is 1120. The molecule has 3 amide bonds. The maximum atomic E-state index is 13.8.